The van der Waals surface area contributed by atoms with Gasteiger partial charge >= 0.3 is 5.69 Å². The average Bonchev–Trinajstić information content (AvgIpc) is 3.59. The summed E-state index contributed by atoms with van der Waals surface area (Å²) < 4.78 is 19.9. The highest BCUT2D eigenvalue weighted by atomic mass is 32.1. The van der Waals surface area contributed by atoms with Crippen LogP contribution in [-0.2, 0) is 16.1 Å². The molecule has 0 radical (unpaired) electrons. The Morgan fingerprint density at radius 3 is 2.79 bits per heavy atom. The van der Waals surface area contributed by atoms with Crippen LogP contribution in [0.15, 0.2) is 63.4 Å². The predicted octanol–water partition coefficient (Wildman–Crippen LogP) is 3.93. The first kappa shape index (κ1) is 26.6. The summed E-state index contributed by atoms with van der Waals surface area (Å²) in [6.07, 6.45) is 5.11. The van der Waals surface area contributed by atoms with Crippen LogP contribution in [0.2, 0.25) is 0 Å². The van der Waals surface area contributed by atoms with Gasteiger partial charge in [-0.1, -0.05) is 24.3 Å². The van der Waals surface area contributed by atoms with E-state index in [2.05, 4.69) is 11.6 Å². The molecule has 0 bridgehead atoms. The zero-order valence-electron chi connectivity index (χ0n) is 22.1. The van der Waals surface area contributed by atoms with Gasteiger partial charge in [-0.3, -0.25) is 14.2 Å². The molecule has 0 N–H and O–H groups in total. The van der Waals surface area contributed by atoms with Gasteiger partial charge in [0.15, 0.2) is 0 Å². The van der Waals surface area contributed by atoms with E-state index in [-0.39, 0.29) is 19.1 Å². The number of nitrogens with zero attached hydrogens (tertiary/aromatic N) is 4. The molecule has 4 heterocycles. The number of oxazole rings is 1. The maximum Gasteiger partial charge on any atom is 0.332 e. The van der Waals surface area contributed by atoms with Crippen molar-refractivity contribution in [3.05, 3.63) is 81.3 Å². The number of rotatable bonds is 9. The van der Waals surface area contributed by atoms with Crippen LogP contribution in [0.4, 0.5) is 0 Å². The number of piperidine rings is 1. The Balaban J connectivity index is 1.77. The number of aromatic nitrogens is 3. The largest absolute Gasteiger partial charge is 0.496 e. The van der Waals surface area contributed by atoms with Gasteiger partial charge in [0.05, 0.1) is 36.7 Å². The number of fused-ring (bicyclic) bond motifs is 1. The molecule has 1 aromatic carbocycles. The predicted molar refractivity (Wildman–Crippen MR) is 148 cm³/mol. The first-order valence-corrected chi connectivity index (χ1v) is 13.5. The molecule has 1 fully saturated rings. The zero-order chi connectivity index (χ0) is 27.7. The highest BCUT2D eigenvalue weighted by Crippen LogP contribution is 2.37. The van der Waals surface area contributed by atoms with Gasteiger partial charge in [0.2, 0.25) is 11.8 Å². The summed E-state index contributed by atoms with van der Waals surface area (Å²) in [6.45, 7) is 6.46. The van der Waals surface area contributed by atoms with Crippen molar-refractivity contribution >= 4 is 27.5 Å². The van der Waals surface area contributed by atoms with Gasteiger partial charge in [-0.05, 0) is 31.4 Å². The smallest absolute Gasteiger partial charge is 0.332 e. The number of amides is 1. The van der Waals surface area contributed by atoms with Crippen LogP contribution in [0, 0.1) is 6.92 Å². The van der Waals surface area contributed by atoms with E-state index in [1.807, 2.05) is 24.3 Å². The lowest BCUT2D eigenvalue weighted by Crippen LogP contribution is -2.49. The number of para-hydroxylation sites is 1. The molecule has 204 valence electrons. The highest BCUT2D eigenvalue weighted by molar-refractivity contribution is 7.22. The third-order valence-electron chi connectivity index (χ3n) is 7.06. The van der Waals surface area contributed by atoms with Gasteiger partial charge in [-0.2, -0.15) is 0 Å². The maximum absolute atomic E-state index is 14.2. The van der Waals surface area contributed by atoms with Gasteiger partial charge in [-0.15, -0.1) is 17.9 Å². The minimum Gasteiger partial charge on any atom is -0.496 e. The second kappa shape index (κ2) is 11.0. The van der Waals surface area contributed by atoms with E-state index in [0.29, 0.717) is 51.7 Å². The molecule has 0 aliphatic carbocycles. The highest BCUT2D eigenvalue weighted by Gasteiger charge is 2.33. The molecule has 10 nitrogen and oxygen atoms in total. The number of benzene rings is 1. The lowest BCUT2D eigenvalue weighted by Gasteiger charge is -2.30. The summed E-state index contributed by atoms with van der Waals surface area (Å²) in [5, 5.41) is 0.358. The lowest BCUT2D eigenvalue weighted by molar-refractivity contribution is -0.136. The van der Waals surface area contributed by atoms with Crippen LogP contribution in [0.3, 0.4) is 0 Å². The van der Waals surface area contributed by atoms with E-state index in [1.165, 1.54) is 28.4 Å². The normalized spacial score (nSPS) is 16.5. The van der Waals surface area contributed by atoms with Crippen molar-refractivity contribution in [3.8, 4) is 16.5 Å². The molecule has 0 spiro atoms. The Morgan fingerprint density at radius 2 is 2.08 bits per heavy atom. The number of hydrogen-bond donors (Lipinski definition) is 0. The molecule has 0 saturated carbocycles. The second-order valence-electron chi connectivity index (χ2n) is 9.41. The van der Waals surface area contributed by atoms with Crippen molar-refractivity contribution in [2.24, 2.45) is 0 Å². The zero-order valence-corrected chi connectivity index (χ0v) is 22.9. The topological polar surface area (TPSA) is 109 Å². The monoisotopic (exact) mass is 550 g/mol. The Hall–Kier alpha value is -3.96. The van der Waals surface area contributed by atoms with Gasteiger partial charge in [-0.25, -0.2) is 14.3 Å². The molecule has 5 rings (SSSR count). The molecule has 1 amide bonds. The van der Waals surface area contributed by atoms with Crippen LogP contribution in [0.25, 0.3) is 21.0 Å². The van der Waals surface area contributed by atoms with Gasteiger partial charge in [0, 0.05) is 19.2 Å². The second-order valence-corrected chi connectivity index (χ2v) is 10.4. The van der Waals surface area contributed by atoms with E-state index in [9.17, 15) is 14.4 Å². The molecule has 2 atom stereocenters. The molecule has 1 saturated heterocycles. The molecular formula is C28H30N4O6S. The number of aryl methyl sites for hydroxylation is 1. The number of carbonyl (C=O) groups is 1. The first-order chi connectivity index (χ1) is 18.9. The van der Waals surface area contributed by atoms with Crippen molar-refractivity contribution in [1.29, 1.82) is 0 Å². The van der Waals surface area contributed by atoms with Gasteiger partial charge in [0.1, 0.15) is 29.0 Å². The van der Waals surface area contributed by atoms with E-state index < -0.39 is 23.4 Å². The fraction of sp³-hybridized carbons (Fsp3) is 0.357. The third kappa shape index (κ3) is 4.72. The van der Waals surface area contributed by atoms with Gasteiger partial charge in [0.25, 0.3) is 5.56 Å². The van der Waals surface area contributed by atoms with Gasteiger partial charge < -0.3 is 18.8 Å². The van der Waals surface area contributed by atoms with E-state index in [0.717, 1.165) is 10.1 Å². The molecular weight excluding hydrogens is 520 g/mol. The van der Waals surface area contributed by atoms with Crippen molar-refractivity contribution in [1.82, 2.24) is 19.0 Å². The number of ether oxygens (including phenoxy) is 2. The fourth-order valence-electron chi connectivity index (χ4n) is 5.11. The summed E-state index contributed by atoms with van der Waals surface area (Å²) in [5.74, 6) is 0.712. The maximum atomic E-state index is 14.2. The summed E-state index contributed by atoms with van der Waals surface area (Å²) in [5.41, 5.74) is 0.326. The van der Waals surface area contributed by atoms with Crippen LogP contribution in [0.5, 0.6) is 5.75 Å². The van der Waals surface area contributed by atoms with Crippen LogP contribution < -0.4 is 16.0 Å². The van der Waals surface area contributed by atoms with E-state index >= 15 is 0 Å². The lowest BCUT2D eigenvalue weighted by atomic mass is 10.0. The Bertz CT molecular complexity index is 1630. The summed E-state index contributed by atoms with van der Waals surface area (Å²) in [7, 11) is 3.26. The van der Waals surface area contributed by atoms with Crippen LogP contribution in [-0.4, -0.2) is 52.2 Å². The molecule has 4 aromatic rings. The number of likely N-dealkylation sites (tertiary alicyclic amines) is 1. The molecule has 1 aliphatic rings. The summed E-state index contributed by atoms with van der Waals surface area (Å²) in [4.78, 5) is 48.2. The molecule has 1 unspecified atom stereocenters. The first-order valence-electron chi connectivity index (χ1n) is 12.7. The average molecular weight is 551 g/mol. The minimum atomic E-state index is -0.886. The summed E-state index contributed by atoms with van der Waals surface area (Å²) in [6, 6.07) is 6.54. The molecule has 3 aromatic heterocycles. The van der Waals surface area contributed by atoms with Crippen LogP contribution in [0.1, 0.15) is 36.1 Å². The van der Waals surface area contributed by atoms with Crippen molar-refractivity contribution in [2.45, 2.75) is 38.5 Å². The van der Waals surface area contributed by atoms with Crippen molar-refractivity contribution < 1.29 is 18.7 Å². The fourth-order valence-corrected chi connectivity index (χ4v) is 6.35. The number of carbonyl (C=O) groups excluding carboxylic acids is 1. The number of methoxy groups -OCH3 is 1. The minimum absolute atomic E-state index is 0.0750. The standard InChI is InChI=1S/C28H30N4O6S/c1-5-14-37-21(18-9-6-7-11-20(18)36-4)16-31-27-22(17(2)23(39-27)24-29-12-15-38-24)26(34)32(28(31)35)19-10-8-13-30(3)25(19)33/h5-7,9,11-12,15,19,21H,1,8,10,13-14,16H2,2-4H3/t19?,21-/m0/s1. The number of hydrogen-bond acceptors (Lipinski definition) is 8. The Labute approximate surface area is 228 Å². The summed E-state index contributed by atoms with van der Waals surface area (Å²) >= 11 is 1.26. The van der Waals surface area contributed by atoms with E-state index in [1.54, 1.807) is 32.1 Å². The number of thiophene rings is 1. The molecule has 39 heavy (non-hydrogen) atoms. The Kier molecular flexibility index (Phi) is 7.53. The van der Waals surface area contributed by atoms with E-state index in [4.69, 9.17) is 13.9 Å². The molecule has 11 heteroatoms. The van der Waals surface area contributed by atoms with Crippen molar-refractivity contribution in [3.63, 3.8) is 0 Å². The quantitative estimate of drug-likeness (QED) is 0.291. The Morgan fingerprint density at radius 1 is 1.28 bits per heavy atom. The third-order valence-corrected chi connectivity index (χ3v) is 8.37. The van der Waals surface area contributed by atoms with Crippen molar-refractivity contribution in [2.75, 3.05) is 27.3 Å². The van der Waals surface area contributed by atoms with Crippen LogP contribution >= 0.6 is 11.3 Å². The molecule has 1 aliphatic heterocycles. The SMILES string of the molecule is C=CCO[C@@H](Cn1c(=O)n(C2CCCN(C)C2=O)c(=O)c2c(C)c(-c3ncco3)sc21)c1ccccc1OC. The number of likely N-dealkylation sites (N-methyl/N-ethyl adjacent to an activating group) is 1.